The Morgan fingerprint density at radius 1 is 1.05 bits per heavy atom. The number of nitrogens with zero attached hydrogens (tertiary/aromatic N) is 2. The van der Waals surface area contributed by atoms with Crippen LogP contribution in [0.1, 0.15) is 37.3 Å². The van der Waals surface area contributed by atoms with Crippen molar-refractivity contribution in [2.75, 3.05) is 26.3 Å². The fourth-order valence-corrected chi connectivity index (χ4v) is 5.27. The van der Waals surface area contributed by atoms with E-state index in [9.17, 15) is 9.90 Å². The van der Waals surface area contributed by atoms with E-state index in [1.165, 1.54) is 0 Å². The molecule has 5 rings (SSSR count). The van der Waals surface area contributed by atoms with Crippen molar-refractivity contribution in [3.05, 3.63) is 78.0 Å². The number of fused-ring (bicyclic) bond motifs is 1. The molecule has 2 N–H and O–H groups in total. The van der Waals surface area contributed by atoms with Gasteiger partial charge in [-0.2, -0.15) is 8.78 Å². The Hall–Kier alpha value is -3.56. The number of carbonyl (C=O) groups excluding carboxylic acids is 1. The van der Waals surface area contributed by atoms with E-state index >= 15 is 8.78 Å². The molecule has 2 aliphatic rings. The highest BCUT2D eigenvalue weighted by atomic mass is 19.3. The summed E-state index contributed by atoms with van der Waals surface area (Å²) in [5.74, 6) is -4.00. The fourth-order valence-electron chi connectivity index (χ4n) is 5.27. The molecule has 0 radical (unpaired) electrons. The van der Waals surface area contributed by atoms with E-state index in [1.807, 2.05) is 35.2 Å². The summed E-state index contributed by atoms with van der Waals surface area (Å²) in [6.07, 6.45) is 2.75. The highest BCUT2D eigenvalue weighted by Crippen LogP contribution is 2.39. The van der Waals surface area contributed by atoms with Crippen molar-refractivity contribution in [3.8, 4) is 22.8 Å². The Balaban J connectivity index is 1.30. The van der Waals surface area contributed by atoms with Crippen LogP contribution in [-0.4, -0.2) is 59.2 Å². The number of aromatic nitrogens is 1. The molecule has 0 aliphatic carbocycles. The van der Waals surface area contributed by atoms with Crippen molar-refractivity contribution in [3.63, 3.8) is 0 Å². The average molecular weight is 538 g/mol. The number of aliphatic hydroxyl groups is 1. The predicted octanol–water partition coefficient (Wildman–Crippen LogP) is 4.53. The topological polar surface area (TPSA) is 83.9 Å². The molecule has 1 amide bonds. The normalized spacial score (nSPS) is 17.8. The van der Waals surface area contributed by atoms with Crippen LogP contribution >= 0.6 is 0 Å². The molecule has 2 aromatic carbocycles. The van der Waals surface area contributed by atoms with Gasteiger partial charge in [0.1, 0.15) is 13.2 Å². The maximum Gasteiger partial charge on any atom is 0.324 e. The monoisotopic (exact) mass is 537 g/mol. The van der Waals surface area contributed by atoms with Crippen molar-refractivity contribution in [1.29, 1.82) is 0 Å². The summed E-state index contributed by atoms with van der Waals surface area (Å²) < 4.78 is 41.5. The molecule has 9 heteroatoms. The molecule has 3 heterocycles. The molecule has 206 valence electrons. The van der Waals surface area contributed by atoms with Gasteiger partial charge in [0.05, 0.1) is 11.7 Å². The number of amides is 1. The Labute approximate surface area is 226 Å². The smallest absolute Gasteiger partial charge is 0.324 e. The van der Waals surface area contributed by atoms with E-state index in [4.69, 9.17) is 9.47 Å². The van der Waals surface area contributed by atoms with Crippen LogP contribution in [0.25, 0.3) is 11.3 Å². The van der Waals surface area contributed by atoms with Gasteiger partial charge in [-0.1, -0.05) is 30.3 Å². The van der Waals surface area contributed by atoms with E-state index in [0.717, 1.165) is 24.1 Å². The summed E-state index contributed by atoms with van der Waals surface area (Å²) in [6, 6.07) is 16.8. The number of carbonyl (C=O) groups is 1. The predicted molar refractivity (Wildman–Crippen MR) is 143 cm³/mol. The second-order valence-corrected chi connectivity index (χ2v) is 10.1. The van der Waals surface area contributed by atoms with Gasteiger partial charge in [-0.05, 0) is 62.1 Å². The number of alkyl halides is 2. The van der Waals surface area contributed by atoms with Crippen LogP contribution in [0.3, 0.4) is 0 Å². The highest BCUT2D eigenvalue weighted by molar-refractivity contribution is 5.83. The molecular formula is C30H33F2N3O4. The molecule has 39 heavy (non-hydrogen) atoms. The minimum absolute atomic E-state index is 0.00796. The zero-order valence-electron chi connectivity index (χ0n) is 21.9. The molecule has 3 aromatic rings. The number of benzene rings is 2. The first-order chi connectivity index (χ1) is 18.8. The number of aryl methyl sites for hydroxylation is 1. The summed E-state index contributed by atoms with van der Waals surface area (Å²) in [5.41, 5.74) is 1.01. The lowest BCUT2D eigenvalue weighted by atomic mass is 9.93. The molecule has 0 unspecified atom stereocenters. The Morgan fingerprint density at radius 2 is 1.82 bits per heavy atom. The molecular weight excluding hydrogens is 504 g/mol. The number of pyridine rings is 1. The van der Waals surface area contributed by atoms with Gasteiger partial charge >= 0.3 is 5.92 Å². The number of nitrogens with one attached hydrogen (secondary N) is 1. The average Bonchev–Trinajstić information content (AvgIpc) is 3.52. The number of halogens is 2. The molecule has 7 nitrogen and oxygen atoms in total. The van der Waals surface area contributed by atoms with Crippen molar-refractivity contribution in [1.82, 2.24) is 15.2 Å². The molecule has 2 atom stereocenters. The molecule has 1 saturated heterocycles. The first kappa shape index (κ1) is 27.0. The van der Waals surface area contributed by atoms with E-state index < -0.39 is 30.0 Å². The number of likely N-dealkylation sites (tertiary alicyclic amines) is 1. The maximum atomic E-state index is 15.1. The van der Waals surface area contributed by atoms with Crippen LogP contribution in [0.5, 0.6) is 11.5 Å². The number of hydrogen-bond acceptors (Lipinski definition) is 6. The molecule has 0 spiro atoms. The van der Waals surface area contributed by atoms with Crippen LogP contribution in [0, 0.1) is 0 Å². The second kappa shape index (κ2) is 11.3. The molecule has 1 fully saturated rings. The zero-order valence-corrected chi connectivity index (χ0v) is 21.9. The van der Waals surface area contributed by atoms with Gasteiger partial charge in [-0.15, -0.1) is 0 Å². The van der Waals surface area contributed by atoms with E-state index in [-0.39, 0.29) is 6.42 Å². The third-order valence-corrected chi connectivity index (χ3v) is 7.45. The first-order valence-electron chi connectivity index (χ1n) is 13.3. The largest absolute Gasteiger partial charge is 0.486 e. The third kappa shape index (κ3) is 5.74. The lowest BCUT2D eigenvalue weighted by Crippen LogP contribution is -2.60. The fraction of sp³-hybridized carbons (Fsp3) is 0.400. The second-order valence-electron chi connectivity index (χ2n) is 10.1. The summed E-state index contributed by atoms with van der Waals surface area (Å²) >= 11 is 0. The Morgan fingerprint density at radius 3 is 2.56 bits per heavy atom. The quantitative estimate of drug-likeness (QED) is 0.417. The minimum atomic E-state index is -3.63. The minimum Gasteiger partial charge on any atom is -0.486 e. The van der Waals surface area contributed by atoms with Gasteiger partial charge in [0, 0.05) is 36.8 Å². The van der Waals surface area contributed by atoms with E-state index in [1.54, 1.807) is 43.5 Å². The van der Waals surface area contributed by atoms with E-state index in [2.05, 4.69) is 10.3 Å². The molecule has 1 aromatic heterocycles. The van der Waals surface area contributed by atoms with Crippen molar-refractivity contribution >= 4 is 5.91 Å². The van der Waals surface area contributed by atoms with Gasteiger partial charge in [-0.25, -0.2) is 0 Å². The van der Waals surface area contributed by atoms with Crippen molar-refractivity contribution in [2.24, 2.45) is 0 Å². The number of ether oxygens (including phenoxy) is 2. The lowest BCUT2D eigenvalue weighted by Gasteiger charge is -2.43. The summed E-state index contributed by atoms with van der Waals surface area (Å²) in [7, 11) is 0. The van der Waals surface area contributed by atoms with Gasteiger partial charge in [0.15, 0.2) is 17.2 Å². The summed E-state index contributed by atoms with van der Waals surface area (Å²) in [4.78, 5) is 19.0. The van der Waals surface area contributed by atoms with Crippen LogP contribution in [-0.2, 0) is 16.9 Å². The van der Waals surface area contributed by atoms with Gasteiger partial charge in [0.25, 0.3) is 5.91 Å². The molecule has 0 saturated carbocycles. The molecule has 0 bridgehead atoms. The number of rotatable bonds is 9. The van der Waals surface area contributed by atoms with Gasteiger partial charge < -0.3 is 19.9 Å². The summed E-state index contributed by atoms with van der Waals surface area (Å²) in [6.45, 7) is 3.52. The van der Waals surface area contributed by atoms with Crippen molar-refractivity contribution in [2.45, 2.75) is 50.3 Å². The lowest BCUT2D eigenvalue weighted by molar-refractivity contribution is -0.159. The standard InChI is InChI=1S/C30H33F2N3O4/c1-21(30(37,35-15-4-5-16-35)24-10-11-26-27(20-24)39-18-17-38-26)34-28(36)29(31,32)13-12-22-7-6-8-23(19-22)25-9-2-3-14-33-25/h2-3,6-11,14,19-21,37H,4-5,12-13,15-18H2,1H3,(H,34,36)/t21-,30-/m1/s1. The Kier molecular flexibility index (Phi) is 7.81. The van der Waals surface area contributed by atoms with E-state index in [0.29, 0.717) is 48.9 Å². The van der Waals surface area contributed by atoms with Gasteiger partial charge in [-0.3, -0.25) is 14.7 Å². The first-order valence-corrected chi connectivity index (χ1v) is 13.3. The SMILES string of the molecule is C[C@@H](NC(=O)C(F)(F)CCc1cccc(-c2ccccn2)c1)[C@@](O)(c1ccc2c(c1)OCCO2)N1CCCC1. The van der Waals surface area contributed by atoms with Crippen LogP contribution in [0.15, 0.2) is 66.9 Å². The van der Waals surface area contributed by atoms with Crippen LogP contribution in [0.2, 0.25) is 0 Å². The number of hydrogen-bond donors (Lipinski definition) is 2. The summed E-state index contributed by atoms with van der Waals surface area (Å²) in [5, 5.41) is 14.4. The highest BCUT2D eigenvalue weighted by Gasteiger charge is 2.47. The van der Waals surface area contributed by atoms with Crippen LogP contribution < -0.4 is 14.8 Å². The third-order valence-electron chi connectivity index (χ3n) is 7.45. The van der Waals surface area contributed by atoms with Gasteiger partial charge in [0.2, 0.25) is 0 Å². The Bertz CT molecular complexity index is 1300. The van der Waals surface area contributed by atoms with Crippen LogP contribution in [0.4, 0.5) is 8.78 Å². The maximum absolute atomic E-state index is 15.1. The van der Waals surface area contributed by atoms with Crippen molar-refractivity contribution < 1.29 is 28.2 Å². The molecule has 2 aliphatic heterocycles. The zero-order chi connectivity index (χ0) is 27.5.